The van der Waals surface area contributed by atoms with E-state index in [-0.39, 0.29) is 12.5 Å². The highest BCUT2D eigenvalue weighted by molar-refractivity contribution is 6.33. The van der Waals surface area contributed by atoms with E-state index in [1.54, 1.807) is 12.1 Å². The summed E-state index contributed by atoms with van der Waals surface area (Å²) in [6.45, 7) is 0.585. The molecule has 1 rings (SSSR count). The van der Waals surface area contributed by atoms with Gasteiger partial charge in [0, 0.05) is 6.54 Å². The van der Waals surface area contributed by atoms with Crippen LogP contribution in [0.3, 0.4) is 0 Å². The number of halogens is 1. The lowest BCUT2D eigenvalue weighted by Gasteiger charge is -2.07. The van der Waals surface area contributed by atoms with Gasteiger partial charge in [0.1, 0.15) is 6.61 Å². The fourth-order valence-electron chi connectivity index (χ4n) is 1.13. The van der Waals surface area contributed by atoms with Gasteiger partial charge in [-0.2, -0.15) is 5.26 Å². The van der Waals surface area contributed by atoms with Crippen molar-refractivity contribution in [3.8, 4) is 6.07 Å². The Morgan fingerprint density at radius 2 is 2.35 bits per heavy atom. The summed E-state index contributed by atoms with van der Waals surface area (Å²) in [4.78, 5) is 11.4. The summed E-state index contributed by atoms with van der Waals surface area (Å²) in [5.74, 6) is -0.338. The molecule has 0 aliphatic heterocycles. The van der Waals surface area contributed by atoms with Gasteiger partial charge < -0.3 is 15.8 Å². The number of nitriles is 1. The molecule has 0 bridgehead atoms. The highest BCUT2D eigenvalue weighted by Gasteiger charge is 2.06. The number of benzene rings is 1. The lowest BCUT2D eigenvalue weighted by atomic mass is 10.2. The molecule has 1 amide bonds. The van der Waals surface area contributed by atoms with Gasteiger partial charge in [-0.05, 0) is 18.2 Å². The van der Waals surface area contributed by atoms with Gasteiger partial charge >= 0.3 is 0 Å². The summed E-state index contributed by atoms with van der Waals surface area (Å²) in [5.41, 5.74) is 6.03. The number of carbonyl (C=O) groups is 1. The summed E-state index contributed by atoms with van der Waals surface area (Å²) in [6, 6.07) is 6.59. The van der Waals surface area contributed by atoms with Crippen LogP contribution in [0.2, 0.25) is 5.02 Å². The third-order valence-corrected chi connectivity index (χ3v) is 2.19. The number of hydrogen-bond acceptors (Lipinski definition) is 4. The molecule has 0 fully saturated rings. The molecule has 0 heterocycles. The average Bonchev–Trinajstić information content (AvgIpc) is 2.32. The van der Waals surface area contributed by atoms with E-state index < -0.39 is 0 Å². The molecule has 0 saturated carbocycles. The second-order valence-corrected chi connectivity index (χ2v) is 3.60. The first kappa shape index (κ1) is 13.5. The highest BCUT2D eigenvalue weighted by Crippen LogP contribution is 2.22. The summed E-state index contributed by atoms with van der Waals surface area (Å²) in [7, 11) is 0. The zero-order valence-corrected chi connectivity index (χ0v) is 9.83. The van der Waals surface area contributed by atoms with Crippen LogP contribution in [0.4, 0.5) is 5.69 Å². The molecule has 3 N–H and O–H groups in total. The zero-order valence-electron chi connectivity index (χ0n) is 9.07. The topological polar surface area (TPSA) is 88.1 Å². The van der Waals surface area contributed by atoms with E-state index in [1.807, 2.05) is 6.07 Å². The molecule has 0 aliphatic carbocycles. The Morgan fingerprint density at radius 1 is 1.59 bits per heavy atom. The van der Waals surface area contributed by atoms with E-state index in [1.165, 1.54) is 6.07 Å². The summed E-state index contributed by atoms with van der Waals surface area (Å²) in [5, 5.41) is 11.6. The SMILES string of the molecule is N#Cc1ccc(Cl)c(NC(=O)COCCN)c1. The molecule has 0 atom stereocenters. The minimum absolute atomic E-state index is 0.0929. The predicted octanol–water partition coefficient (Wildman–Crippen LogP) is 1.13. The molecule has 0 spiro atoms. The molecule has 0 aromatic heterocycles. The summed E-state index contributed by atoms with van der Waals surface area (Å²) >= 11 is 5.87. The largest absolute Gasteiger partial charge is 0.370 e. The summed E-state index contributed by atoms with van der Waals surface area (Å²) < 4.78 is 4.97. The van der Waals surface area contributed by atoms with Crippen LogP contribution in [-0.4, -0.2) is 25.7 Å². The normalized spacial score (nSPS) is 9.71. The molecule has 90 valence electrons. The number of nitrogens with one attached hydrogen (secondary N) is 1. The minimum Gasteiger partial charge on any atom is -0.370 e. The number of hydrogen-bond donors (Lipinski definition) is 2. The fraction of sp³-hybridized carbons (Fsp3) is 0.273. The van der Waals surface area contributed by atoms with Gasteiger partial charge in [0.05, 0.1) is 28.9 Å². The third kappa shape index (κ3) is 4.41. The second kappa shape index (κ2) is 6.86. The molecular formula is C11H12ClN3O2. The number of ether oxygens (including phenoxy) is 1. The lowest BCUT2D eigenvalue weighted by Crippen LogP contribution is -2.20. The average molecular weight is 254 g/mol. The van der Waals surface area contributed by atoms with Gasteiger partial charge in [0.2, 0.25) is 5.91 Å². The Balaban J connectivity index is 2.61. The van der Waals surface area contributed by atoms with Crippen LogP contribution in [0.25, 0.3) is 0 Å². The Hall–Kier alpha value is -1.61. The smallest absolute Gasteiger partial charge is 0.250 e. The molecule has 17 heavy (non-hydrogen) atoms. The Bertz CT molecular complexity index is 443. The Morgan fingerprint density at radius 3 is 3.00 bits per heavy atom. The van der Waals surface area contributed by atoms with Crippen LogP contribution < -0.4 is 11.1 Å². The van der Waals surface area contributed by atoms with Gasteiger partial charge in [0.25, 0.3) is 0 Å². The van der Waals surface area contributed by atoms with Crippen molar-refractivity contribution < 1.29 is 9.53 Å². The molecule has 1 aromatic rings. The Labute approximate surface area is 104 Å². The van der Waals surface area contributed by atoms with E-state index in [9.17, 15) is 4.79 Å². The zero-order chi connectivity index (χ0) is 12.7. The molecule has 0 aliphatic rings. The van der Waals surface area contributed by atoms with Crippen molar-refractivity contribution >= 4 is 23.2 Å². The van der Waals surface area contributed by atoms with Crippen LogP contribution in [0.5, 0.6) is 0 Å². The lowest BCUT2D eigenvalue weighted by molar-refractivity contribution is -0.120. The van der Waals surface area contributed by atoms with Gasteiger partial charge in [-0.25, -0.2) is 0 Å². The number of anilines is 1. The van der Waals surface area contributed by atoms with Gasteiger partial charge in [-0.15, -0.1) is 0 Å². The molecule has 5 nitrogen and oxygen atoms in total. The van der Waals surface area contributed by atoms with Crippen LogP contribution in [0, 0.1) is 11.3 Å². The van der Waals surface area contributed by atoms with E-state index in [2.05, 4.69) is 5.32 Å². The molecular weight excluding hydrogens is 242 g/mol. The van der Waals surface area contributed by atoms with E-state index in [0.29, 0.717) is 29.4 Å². The maximum Gasteiger partial charge on any atom is 0.250 e. The van der Waals surface area contributed by atoms with Crippen molar-refractivity contribution in [2.24, 2.45) is 5.73 Å². The van der Waals surface area contributed by atoms with E-state index >= 15 is 0 Å². The predicted molar refractivity (Wildman–Crippen MR) is 64.7 cm³/mol. The van der Waals surface area contributed by atoms with Crippen molar-refractivity contribution in [2.75, 3.05) is 25.1 Å². The first-order chi connectivity index (χ1) is 8.17. The monoisotopic (exact) mass is 253 g/mol. The van der Waals surface area contributed by atoms with Crippen LogP contribution in [-0.2, 0) is 9.53 Å². The molecule has 6 heteroatoms. The summed E-state index contributed by atoms with van der Waals surface area (Å²) in [6.07, 6.45) is 0. The second-order valence-electron chi connectivity index (χ2n) is 3.20. The maximum atomic E-state index is 11.4. The van der Waals surface area contributed by atoms with Crippen molar-refractivity contribution in [2.45, 2.75) is 0 Å². The number of amides is 1. The van der Waals surface area contributed by atoms with E-state index in [0.717, 1.165) is 0 Å². The Kier molecular flexibility index (Phi) is 5.43. The maximum absolute atomic E-state index is 11.4. The quantitative estimate of drug-likeness (QED) is 0.770. The third-order valence-electron chi connectivity index (χ3n) is 1.86. The van der Waals surface area contributed by atoms with Crippen molar-refractivity contribution in [1.82, 2.24) is 0 Å². The standard InChI is InChI=1S/C11H12ClN3O2/c12-9-2-1-8(6-14)5-10(9)15-11(16)7-17-4-3-13/h1-2,5H,3-4,7,13H2,(H,15,16). The molecule has 0 radical (unpaired) electrons. The van der Waals surface area contributed by atoms with Crippen molar-refractivity contribution in [1.29, 1.82) is 5.26 Å². The van der Waals surface area contributed by atoms with Crippen molar-refractivity contribution in [3.63, 3.8) is 0 Å². The fourth-order valence-corrected chi connectivity index (χ4v) is 1.29. The number of nitrogens with zero attached hydrogens (tertiary/aromatic N) is 1. The van der Waals surface area contributed by atoms with Gasteiger partial charge in [0.15, 0.2) is 0 Å². The number of carbonyl (C=O) groups excluding carboxylic acids is 1. The molecule has 1 aromatic carbocycles. The van der Waals surface area contributed by atoms with E-state index in [4.69, 9.17) is 27.3 Å². The van der Waals surface area contributed by atoms with Crippen LogP contribution >= 0.6 is 11.6 Å². The number of rotatable bonds is 5. The molecule has 0 saturated heterocycles. The highest BCUT2D eigenvalue weighted by atomic mass is 35.5. The van der Waals surface area contributed by atoms with Gasteiger partial charge in [-0.1, -0.05) is 11.6 Å². The van der Waals surface area contributed by atoms with Gasteiger partial charge in [-0.3, -0.25) is 4.79 Å². The van der Waals surface area contributed by atoms with Crippen LogP contribution in [0.15, 0.2) is 18.2 Å². The number of nitrogens with two attached hydrogens (primary N) is 1. The van der Waals surface area contributed by atoms with Crippen molar-refractivity contribution in [3.05, 3.63) is 28.8 Å². The van der Waals surface area contributed by atoms with Crippen LogP contribution in [0.1, 0.15) is 5.56 Å². The first-order valence-electron chi connectivity index (χ1n) is 4.94. The molecule has 0 unspecified atom stereocenters. The minimum atomic E-state index is -0.338. The first-order valence-corrected chi connectivity index (χ1v) is 5.32.